The smallest absolute Gasteiger partial charge is 0.0177 e. The molecular formula is C16H23N. The Morgan fingerprint density at radius 3 is 2.65 bits per heavy atom. The fraction of sp³-hybridized carbons (Fsp3) is 0.375. The Hall–Kier alpha value is -1.34. The Morgan fingerprint density at radius 1 is 1.35 bits per heavy atom. The molecule has 0 spiro atoms. The van der Waals surface area contributed by atoms with Gasteiger partial charge in [-0.3, -0.25) is 0 Å². The lowest BCUT2D eigenvalue weighted by molar-refractivity contribution is 0.782. The quantitative estimate of drug-likeness (QED) is 0.824. The fourth-order valence-electron chi connectivity index (χ4n) is 1.82. The van der Waals surface area contributed by atoms with E-state index in [0.29, 0.717) is 6.54 Å². The summed E-state index contributed by atoms with van der Waals surface area (Å²) in [5, 5.41) is 2.23. The van der Waals surface area contributed by atoms with Crippen LogP contribution in [-0.2, 0) is 0 Å². The second kappa shape index (κ2) is 7.08. The fourth-order valence-corrected chi connectivity index (χ4v) is 1.82. The van der Waals surface area contributed by atoms with Gasteiger partial charge in [0.1, 0.15) is 0 Å². The molecule has 0 bridgehead atoms. The van der Waals surface area contributed by atoms with Gasteiger partial charge < -0.3 is 5.73 Å². The maximum Gasteiger partial charge on any atom is 0.0177 e. The van der Waals surface area contributed by atoms with Crippen molar-refractivity contribution in [1.82, 2.24) is 0 Å². The molecule has 17 heavy (non-hydrogen) atoms. The summed E-state index contributed by atoms with van der Waals surface area (Å²) in [6.07, 6.45) is 5.77. The SMILES string of the molecule is C=c1cccc/c1=C/C(CN)=C(\C)CCCC. The molecule has 0 aliphatic heterocycles. The molecule has 0 atom stereocenters. The topological polar surface area (TPSA) is 26.0 Å². The predicted molar refractivity (Wildman–Crippen MR) is 77.0 cm³/mol. The Labute approximate surface area is 104 Å². The van der Waals surface area contributed by atoms with E-state index in [0.717, 1.165) is 11.6 Å². The molecule has 0 aliphatic rings. The third-order valence-electron chi connectivity index (χ3n) is 3.06. The van der Waals surface area contributed by atoms with Gasteiger partial charge in [-0.15, -0.1) is 0 Å². The van der Waals surface area contributed by atoms with Crippen LogP contribution >= 0.6 is 0 Å². The van der Waals surface area contributed by atoms with Gasteiger partial charge in [-0.2, -0.15) is 0 Å². The lowest BCUT2D eigenvalue weighted by Crippen LogP contribution is -2.23. The number of unbranched alkanes of at least 4 members (excludes halogenated alkanes) is 1. The zero-order chi connectivity index (χ0) is 12.7. The number of hydrogen-bond acceptors (Lipinski definition) is 1. The van der Waals surface area contributed by atoms with E-state index < -0.39 is 0 Å². The van der Waals surface area contributed by atoms with Crippen LogP contribution in [0.1, 0.15) is 33.1 Å². The van der Waals surface area contributed by atoms with Crippen molar-refractivity contribution in [3.8, 4) is 0 Å². The molecule has 0 saturated carbocycles. The number of nitrogens with two attached hydrogens (primary N) is 1. The molecular weight excluding hydrogens is 206 g/mol. The predicted octanol–water partition coefficient (Wildman–Crippen LogP) is 2.34. The zero-order valence-corrected chi connectivity index (χ0v) is 11.0. The lowest BCUT2D eigenvalue weighted by atomic mass is 10.0. The van der Waals surface area contributed by atoms with E-state index >= 15 is 0 Å². The highest BCUT2D eigenvalue weighted by Crippen LogP contribution is 2.12. The van der Waals surface area contributed by atoms with Gasteiger partial charge in [0.15, 0.2) is 0 Å². The highest BCUT2D eigenvalue weighted by atomic mass is 14.5. The van der Waals surface area contributed by atoms with E-state index in [4.69, 9.17) is 5.73 Å². The third-order valence-corrected chi connectivity index (χ3v) is 3.06. The van der Waals surface area contributed by atoms with Crippen molar-refractivity contribution in [2.24, 2.45) is 5.73 Å². The molecule has 92 valence electrons. The van der Waals surface area contributed by atoms with Crippen LogP contribution in [0.2, 0.25) is 0 Å². The summed E-state index contributed by atoms with van der Waals surface area (Å²) in [6, 6.07) is 8.16. The molecule has 0 radical (unpaired) electrons. The molecule has 0 unspecified atom stereocenters. The van der Waals surface area contributed by atoms with Gasteiger partial charge in [0, 0.05) is 6.54 Å². The van der Waals surface area contributed by atoms with E-state index in [-0.39, 0.29) is 0 Å². The number of hydrogen-bond donors (Lipinski definition) is 1. The average Bonchev–Trinajstić information content (AvgIpc) is 2.35. The number of benzene rings is 1. The van der Waals surface area contributed by atoms with Crippen molar-refractivity contribution in [2.45, 2.75) is 33.1 Å². The molecule has 1 nitrogen and oxygen atoms in total. The minimum atomic E-state index is 0.601. The van der Waals surface area contributed by atoms with Crippen molar-refractivity contribution in [2.75, 3.05) is 6.54 Å². The van der Waals surface area contributed by atoms with E-state index in [1.54, 1.807) is 0 Å². The molecule has 0 heterocycles. The molecule has 1 aromatic rings. The Balaban J connectivity index is 3.09. The molecule has 0 aromatic heterocycles. The van der Waals surface area contributed by atoms with Gasteiger partial charge in [0.25, 0.3) is 0 Å². The minimum Gasteiger partial charge on any atom is -0.326 e. The van der Waals surface area contributed by atoms with Crippen LogP contribution in [0.15, 0.2) is 35.4 Å². The maximum absolute atomic E-state index is 5.83. The maximum atomic E-state index is 5.83. The summed E-state index contributed by atoms with van der Waals surface area (Å²) < 4.78 is 0. The molecule has 0 aliphatic carbocycles. The van der Waals surface area contributed by atoms with Crippen LogP contribution in [0.5, 0.6) is 0 Å². The first-order valence-electron chi connectivity index (χ1n) is 6.33. The summed E-state index contributed by atoms with van der Waals surface area (Å²) in [7, 11) is 0. The average molecular weight is 229 g/mol. The van der Waals surface area contributed by atoms with E-state index in [1.807, 2.05) is 18.2 Å². The molecule has 2 N–H and O–H groups in total. The van der Waals surface area contributed by atoms with Gasteiger partial charge in [0.05, 0.1) is 0 Å². The monoisotopic (exact) mass is 229 g/mol. The van der Waals surface area contributed by atoms with Crippen molar-refractivity contribution >= 4 is 12.7 Å². The first-order valence-corrected chi connectivity index (χ1v) is 6.33. The van der Waals surface area contributed by atoms with Gasteiger partial charge in [0.2, 0.25) is 0 Å². The van der Waals surface area contributed by atoms with Crippen LogP contribution in [0.4, 0.5) is 0 Å². The van der Waals surface area contributed by atoms with E-state index in [1.165, 1.54) is 29.2 Å². The van der Waals surface area contributed by atoms with Crippen molar-refractivity contribution in [3.63, 3.8) is 0 Å². The van der Waals surface area contributed by atoms with Crippen LogP contribution in [0.25, 0.3) is 12.7 Å². The van der Waals surface area contributed by atoms with Gasteiger partial charge >= 0.3 is 0 Å². The van der Waals surface area contributed by atoms with Crippen LogP contribution < -0.4 is 16.2 Å². The first-order chi connectivity index (χ1) is 8.19. The Kier molecular flexibility index (Phi) is 5.71. The summed E-state index contributed by atoms with van der Waals surface area (Å²) in [6.45, 7) is 9.03. The van der Waals surface area contributed by atoms with E-state index in [2.05, 4.69) is 32.6 Å². The molecule has 1 aromatic carbocycles. The molecule has 1 rings (SSSR count). The normalized spacial score (nSPS) is 13.7. The number of rotatable bonds is 5. The Morgan fingerprint density at radius 2 is 2.06 bits per heavy atom. The molecule has 1 heteroatoms. The zero-order valence-electron chi connectivity index (χ0n) is 11.0. The Bertz CT molecular complexity index is 482. The van der Waals surface area contributed by atoms with Crippen molar-refractivity contribution < 1.29 is 0 Å². The highest BCUT2D eigenvalue weighted by Gasteiger charge is 1.97. The van der Waals surface area contributed by atoms with Gasteiger partial charge in [-0.1, -0.05) is 49.8 Å². The van der Waals surface area contributed by atoms with Gasteiger partial charge in [-0.25, -0.2) is 0 Å². The molecule has 0 fully saturated rings. The standard InChI is InChI=1S/C16H23N/c1-4-5-8-14(3)16(12-17)11-15-10-7-6-9-13(15)2/h6-7,9-11H,2,4-5,8,12,17H2,1,3H3/b15-11-,16-14-. The summed E-state index contributed by atoms with van der Waals surface area (Å²) in [4.78, 5) is 0. The third kappa shape index (κ3) is 4.20. The second-order valence-electron chi connectivity index (χ2n) is 4.46. The second-order valence-corrected chi connectivity index (χ2v) is 4.46. The van der Waals surface area contributed by atoms with E-state index in [9.17, 15) is 0 Å². The van der Waals surface area contributed by atoms with Gasteiger partial charge in [-0.05, 0) is 41.9 Å². The summed E-state index contributed by atoms with van der Waals surface area (Å²) in [5.41, 5.74) is 8.48. The van der Waals surface area contributed by atoms with Crippen LogP contribution in [-0.4, -0.2) is 6.54 Å². The van der Waals surface area contributed by atoms with Crippen molar-refractivity contribution in [3.05, 3.63) is 45.8 Å². The summed E-state index contributed by atoms with van der Waals surface area (Å²) in [5.74, 6) is 0. The molecule has 0 saturated heterocycles. The lowest BCUT2D eigenvalue weighted by Gasteiger charge is -2.06. The van der Waals surface area contributed by atoms with Crippen LogP contribution in [0, 0.1) is 0 Å². The summed E-state index contributed by atoms with van der Waals surface area (Å²) >= 11 is 0. The number of allylic oxidation sites excluding steroid dienone is 1. The highest BCUT2D eigenvalue weighted by molar-refractivity contribution is 5.50. The minimum absolute atomic E-state index is 0.601. The first kappa shape index (κ1) is 13.7. The van der Waals surface area contributed by atoms with Crippen LogP contribution in [0.3, 0.4) is 0 Å². The van der Waals surface area contributed by atoms with Crippen molar-refractivity contribution in [1.29, 1.82) is 0 Å². The largest absolute Gasteiger partial charge is 0.326 e. The molecule has 0 amide bonds.